The zero-order valence-electron chi connectivity index (χ0n) is 13.6. The van der Waals surface area contributed by atoms with Crippen molar-refractivity contribution in [1.82, 2.24) is 19.9 Å². The van der Waals surface area contributed by atoms with Gasteiger partial charge in [0.1, 0.15) is 29.0 Å². The Morgan fingerprint density at radius 3 is 2.96 bits per heavy atom. The number of ether oxygens (including phenoxy) is 1. The molecule has 0 radical (unpaired) electrons. The number of H-pyrrole nitrogens is 1. The summed E-state index contributed by atoms with van der Waals surface area (Å²) in [5, 5.41) is 0.735. The highest BCUT2D eigenvalue weighted by Crippen LogP contribution is 2.30. The first-order chi connectivity index (χ1) is 11.5. The number of hydrogen-bond donors (Lipinski definition) is 1. The van der Waals surface area contributed by atoms with Crippen molar-refractivity contribution < 1.29 is 9.53 Å². The fraction of sp³-hybridized carbons (Fsp3) is 0.278. The number of aromatic nitrogens is 3. The quantitative estimate of drug-likeness (QED) is 0.748. The molecule has 1 amide bonds. The molecule has 122 valence electrons. The largest absolute Gasteiger partial charge is 0.486 e. The van der Waals surface area contributed by atoms with Crippen LogP contribution in [0.3, 0.4) is 0 Å². The van der Waals surface area contributed by atoms with Crippen molar-refractivity contribution in [3.05, 3.63) is 54.1 Å². The number of nitrogens with one attached hydrogen (secondary N) is 1. The number of carbonyl (C=O) groups excluding carboxylic acids is 1. The molecule has 1 aliphatic heterocycles. The third-order valence-corrected chi connectivity index (χ3v) is 4.14. The Morgan fingerprint density at radius 2 is 2.08 bits per heavy atom. The lowest BCUT2D eigenvalue weighted by atomic mass is 10.1. The predicted molar refractivity (Wildman–Crippen MR) is 89.8 cm³/mol. The molecule has 1 aromatic carbocycles. The third-order valence-electron chi connectivity index (χ3n) is 4.14. The number of rotatable bonds is 1. The summed E-state index contributed by atoms with van der Waals surface area (Å²) in [6, 6.07) is 9.66. The number of hydrogen-bond acceptors (Lipinski definition) is 4. The van der Waals surface area contributed by atoms with Crippen LogP contribution in [0, 0.1) is 0 Å². The summed E-state index contributed by atoms with van der Waals surface area (Å²) in [5.74, 6) is 0.711. The second kappa shape index (κ2) is 5.33. The van der Waals surface area contributed by atoms with Crippen molar-refractivity contribution in [2.24, 2.45) is 0 Å². The van der Waals surface area contributed by atoms with Crippen LogP contribution in [0.5, 0.6) is 5.75 Å². The van der Waals surface area contributed by atoms with Crippen molar-refractivity contribution >= 4 is 16.9 Å². The second-order valence-corrected chi connectivity index (χ2v) is 6.59. The predicted octanol–water partition coefficient (Wildman–Crippen LogP) is 2.77. The van der Waals surface area contributed by atoms with Crippen LogP contribution in [0.2, 0.25) is 0 Å². The van der Waals surface area contributed by atoms with Crippen LogP contribution in [0.1, 0.15) is 29.9 Å². The molecule has 1 aliphatic rings. The van der Waals surface area contributed by atoms with Crippen LogP contribution < -0.4 is 4.74 Å². The van der Waals surface area contributed by atoms with E-state index >= 15 is 0 Å². The summed E-state index contributed by atoms with van der Waals surface area (Å²) in [6.07, 6.45) is 3.18. The first kappa shape index (κ1) is 14.7. The number of benzene rings is 1. The summed E-state index contributed by atoms with van der Waals surface area (Å²) in [6.45, 7) is 4.95. The molecule has 6 heteroatoms. The van der Waals surface area contributed by atoms with Gasteiger partial charge in [-0.15, -0.1) is 0 Å². The number of para-hydroxylation sites is 1. The zero-order valence-corrected chi connectivity index (χ0v) is 13.6. The van der Waals surface area contributed by atoms with E-state index in [0.717, 1.165) is 16.7 Å². The van der Waals surface area contributed by atoms with Gasteiger partial charge in [-0.25, -0.2) is 9.97 Å². The summed E-state index contributed by atoms with van der Waals surface area (Å²) in [5.41, 5.74) is 1.60. The average Bonchev–Trinajstić information content (AvgIpc) is 2.98. The summed E-state index contributed by atoms with van der Waals surface area (Å²) in [4.78, 5) is 26.3. The van der Waals surface area contributed by atoms with Gasteiger partial charge < -0.3 is 14.6 Å². The molecular weight excluding hydrogens is 304 g/mol. The van der Waals surface area contributed by atoms with Crippen LogP contribution >= 0.6 is 0 Å². The highest BCUT2D eigenvalue weighted by Gasteiger charge is 2.32. The first-order valence-corrected chi connectivity index (χ1v) is 7.88. The van der Waals surface area contributed by atoms with E-state index in [2.05, 4.69) is 15.0 Å². The molecule has 0 saturated carbocycles. The molecule has 0 bridgehead atoms. The topological polar surface area (TPSA) is 71.1 Å². The van der Waals surface area contributed by atoms with Gasteiger partial charge in [0.15, 0.2) is 0 Å². The van der Waals surface area contributed by atoms with Crippen LogP contribution in [0.4, 0.5) is 0 Å². The standard InChI is InChI=1S/C18H18N4O2/c1-18(2)10-22(9-12-5-3-4-6-14(12)24-18)17(23)15-13-7-8-19-16(13)21-11-20-15/h3-8,11H,9-10H2,1-2H3,(H,19,20,21). The van der Waals surface area contributed by atoms with E-state index in [0.29, 0.717) is 24.4 Å². The van der Waals surface area contributed by atoms with E-state index in [4.69, 9.17) is 4.74 Å². The fourth-order valence-corrected chi connectivity index (χ4v) is 3.12. The molecule has 1 N–H and O–H groups in total. The molecular formula is C18H18N4O2. The van der Waals surface area contributed by atoms with Gasteiger partial charge in [-0.2, -0.15) is 0 Å². The molecule has 0 atom stereocenters. The highest BCUT2D eigenvalue weighted by atomic mass is 16.5. The molecule has 0 fully saturated rings. The van der Waals surface area contributed by atoms with Gasteiger partial charge >= 0.3 is 0 Å². The molecule has 0 aliphatic carbocycles. The van der Waals surface area contributed by atoms with Crippen LogP contribution in [0.15, 0.2) is 42.9 Å². The number of carbonyl (C=O) groups is 1. The van der Waals surface area contributed by atoms with Gasteiger partial charge in [0.25, 0.3) is 5.91 Å². The lowest BCUT2D eigenvalue weighted by molar-refractivity contribution is 0.0498. The Hall–Kier alpha value is -2.89. The Balaban J connectivity index is 1.75. The van der Waals surface area contributed by atoms with Crippen LogP contribution in [0.25, 0.3) is 11.0 Å². The highest BCUT2D eigenvalue weighted by molar-refractivity contribution is 6.03. The van der Waals surface area contributed by atoms with Gasteiger partial charge in [0.2, 0.25) is 0 Å². The van der Waals surface area contributed by atoms with E-state index in [1.54, 1.807) is 11.1 Å². The fourth-order valence-electron chi connectivity index (χ4n) is 3.12. The van der Waals surface area contributed by atoms with E-state index in [-0.39, 0.29) is 5.91 Å². The SMILES string of the molecule is CC1(C)CN(C(=O)c2ncnc3[nH]ccc23)Cc2ccccc2O1. The maximum Gasteiger partial charge on any atom is 0.273 e. The minimum absolute atomic E-state index is 0.115. The Labute approximate surface area is 139 Å². The van der Waals surface area contributed by atoms with E-state index < -0.39 is 5.60 Å². The molecule has 6 nitrogen and oxygen atoms in total. The van der Waals surface area contributed by atoms with Gasteiger partial charge in [0, 0.05) is 18.3 Å². The molecule has 3 aromatic rings. The third kappa shape index (κ3) is 2.50. The Morgan fingerprint density at radius 1 is 1.25 bits per heavy atom. The van der Waals surface area contributed by atoms with Gasteiger partial charge in [0.05, 0.1) is 11.9 Å². The smallest absolute Gasteiger partial charge is 0.273 e. The maximum absolute atomic E-state index is 13.1. The molecule has 2 aromatic heterocycles. The average molecular weight is 322 g/mol. The van der Waals surface area contributed by atoms with Crippen molar-refractivity contribution in [2.45, 2.75) is 26.0 Å². The van der Waals surface area contributed by atoms with E-state index in [1.165, 1.54) is 6.33 Å². The summed E-state index contributed by atoms with van der Waals surface area (Å²) in [7, 11) is 0. The molecule has 3 heterocycles. The zero-order chi connectivity index (χ0) is 16.7. The van der Waals surface area contributed by atoms with Crippen molar-refractivity contribution in [1.29, 1.82) is 0 Å². The number of nitrogens with zero attached hydrogens (tertiary/aromatic N) is 3. The lowest BCUT2D eigenvalue weighted by Crippen LogP contribution is -2.43. The molecule has 0 unspecified atom stereocenters. The van der Waals surface area contributed by atoms with Crippen molar-refractivity contribution in [3.8, 4) is 5.75 Å². The molecule has 0 spiro atoms. The van der Waals surface area contributed by atoms with Crippen LogP contribution in [-0.4, -0.2) is 37.9 Å². The Bertz CT molecular complexity index is 916. The summed E-state index contributed by atoms with van der Waals surface area (Å²) < 4.78 is 6.10. The summed E-state index contributed by atoms with van der Waals surface area (Å²) >= 11 is 0. The number of amides is 1. The van der Waals surface area contributed by atoms with E-state index in [9.17, 15) is 4.79 Å². The minimum Gasteiger partial charge on any atom is -0.486 e. The molecule has 24 heavy (non-hydrogen) atoms. The lowest BCUT2D eigenvalue weighted by Gasteiger charge is -2.29. The molecule has 4 rings (SSSR count). The Kier molecular flexibility index (Phi) is 3.26. The maximum atomic E-state index is 13.1. The normalized spacial score (nSPS) is 16.3. The minimum atomic E-state index is -0.480. The second-order valence-electron chi connectivity index (χ2n) is 6.59. The first-order valence-electron chi connectivity index (χ1n) is 7.88. The monoisotopic (exact) mass is 322 g/mol. The van der Waals surface area contributed by atoms with Crippen molar-refractivity contribution in [2.75, 3.05) is 6.54 Å². The van der Waals surface area contributed by atoms with Crippen LogP contribution in [-0.2, 0) is 6.54 Å². The molecule has 0 saturated heterocycles. The number of fused-ring (bicyclic) bond motifs is 2. The van der Waals surface area contributed by atoms with Gasteiger partial charge in [-0.05, 0) is 26.0 Å². The van der Waals surface area contributed by atoms with Gasteiger partial charge in [-0.3, -0.25) is 4.79 Å². The van der Waals surface area contributed by atoms with Crippen molar-refractivity contribution in [3.63, 3.8) is 0 Å². The number of aromatic amines is 1. The van der Waals surface area contributed by atoms with E-state index in [1.807, 2.05) is 44.2 Å². The van der Waals surface area contributed by atoms with Gasteiger partial charge in [-0.1, -0.05) is 18.2 Å².